The number of thiocarbonyl (C=S) groups is 1. The number of nitrogens with zero attached hydrogens (tertiary/aromatic N) is 1. The quantitative estimate of drug-likeness (QED) is 0.658. The van der Waals surface area contributed by atoms with E-state index in [-0.39, 0.29) is 5.78 Å². The Balaban J connectivity index is 1.90. The van der Waals surface area contributed by atoms with Crippen LogP contribution in [0.3, 0.4) is 0 Å². The summed E-state index contributed by atoms with van der Waals surface area (Å²) < 4.78 is 0.990. The van der Waals surface area contributed by atoms with Crippen molar-refractivity contribution >= 4 is 49.8 Å². The van der Waals surface area contributed by atoms with Crippen LogP contribution >= 0.6 is 28.1 Å². The Kier molecular flexibility index (Phi) is 3.89. The van der Waals surface area contributed by atoms with Gasteiger partial charge in [-0.3, -0.25) is 4.79 Å². The van der Waals surface area contributed by atoms with E-state index in [0.717, 1.165) is 41.3 Å². The molecule has 104 valence electrons. The van der Waals surface area contributed by atoms with E-state index in [1.807, 2.05) is 23.1 Å². The first-order valence-corrected chi connectivity index (χ1v) is 7.97. The maximum Gasteiger partial charge on any atom is 0.222 e. The van der Waals surface area contributed by atoms with Gasteiger partial charge in [0.15, 0.2) is 4.99 Å². The molecule has 0 unspecified atom stereocenters. The van der Waals surface area contributed by atoms with Gasteiger partial charge >= 0.3 is 0 Å². The molecule has 0 radical (unpaired) electrons. The van der Waals surface area contributed by atoms with Crippen LogP contribution in [0.25, 0.3) is 10.9 Å². The van der Waals surface area contributed by atoms with Crippen LogP contribution in [0.1, 0.15) is 29.6 Å². The van der Waals surface area contributed by atoms with Gasteiger partial charge in [0.05, 0.1) is 5.56 Å². The number of Topliss-reactive ketones (excluding diaryl/α,β-unsaturated/α-hetero) is 1. The zero-order valence-corrected chi connectivity index (χ0v) is 13.4. The number of fused-ring (bicyclic) bond motifs is 1. The monoisotopic (exact) mass is 350 g/mol. The summed E-state index contributed by atoms with van der Waals surface area (Å²) in [6, 6.07) is 5.86. The third-order valence-corrected chi connectivity index (χ3v) is 4.66. The second-order valence-electron chi connectivity index (χ2n) is 5.07. The first-order chi connectivity index (χ1) is 9.66. The van der Waals surface area contributed by atoms with Crippen molar-refractivity contribution in [3.8, 4) is 0 Å². The van der Waals surface area contributed by atoms with E-state index in [9.17, 15) is 4.79 Å². The molecule has 0 aliphatic carbocycles. The minimum Gasteiger partial charge on any atom is -0.360 e. The summed E-state index contributed by atoms with van der Waals surface area (Å²) in [5.74, 6) is -0.0459. The number of halogens is 1. The molecule has 5 heteroatoms. The van der Waals surface area contributed by atoms with E-state index in [2.05, 4.69) is 20.9 Å². The van der Waals surface area contributed by atoms with Gasteiger partial charge in [-0.05, 0) is 31.4 Å². The van der Waals surface area contributed by atoms with Crippen LogP contribution in [0.2, 0.25) is 0 Å². The van der Waals surface area contributed by atoms with Gasteiger partial charge < -0.3 is 9.88 Å². The third kappa shape index (κ3) is 2.52. The summed E-state index contributed by atoms with van der Waals surface area (Å²) in [6.07, 6.45) is 5.23. The molecule has 1 aliphatic heterocycles. The molecule has 1 aliphatic rings. The van der Waals surface area contributed by atoms with Crippen molar-refractivity contribution in [2.45, 2.75) is 19.3 Å². The van der Waals surface area contributed by atoms with E-state index in [0.29, 0.717) is 10.6 Å². The van der Waals surface area contributed by atoms with E-state index in [1.165, 1.54) is 6.42 Å². The van der Waals surface area contributed by atoms with Crippen molar-refractivity contribution in [3.05, 3.63) is 34.4 Å². The standard InChI is InChI=1S/C15H15BrN2OS/c16-10-4-5-11-12(9-17-13(11)8-10)14(19)15(20)18-6-2-1-3-7-18/h4-5,8-9,17H,1-3,6-7H2. The van der Waals surface area contributed by atoms with Crippen LogP contribution < -0.4 is 0 Å². The van der Waals surface area contributed by atoms with Crippen LogP contribution in [-0.4, -0.2) is 33.7 Å². The molecule has 20 heavy (non-hydrogen) atoms. The largest absolute Gasteiger partial charge is 0.360 e. The Morgan fingerprint density at radius 2 is 2.00 bits per heavy atom. The first kappa shape index (κ1) is 13.8. The predicted octanol–water partition coefficient (Wildman–Crippen LogP) is 3.93. The van der Waals surface area contributed by atoms with Gasteiger partial charge in [0.25, 0.3) is 0 Å². The molecule has 1 aromatic carbocycles. The van der Waals surface area contributed by atoms with Crippen LogP contribution in [0.15, 0.2) is 28.9 Å². The zero-order chi connectivity index (χ0) is 14.1. The van der Waals surface area contributed by atoms with E-state index in [1.54, 1.807) is 6.20 Å². The number of carbonyl (C=O) groups excluding carboxylic acids is 1. The number of carbonyl (C=O) groups is 1. The molecular formula is C15H15BrN2OS. The van der Waals surface area contributed by atoms with Gasteiger partial charge in [-0.25, -0.2) is 0 Å². The fraction of sp³-hybridized carbons (Fsp3) is 0.333. The number of aromatic nitrogens is 1. The van der Waals surface area contributed by atoms with Crippen LogP contribution in [-0.2, 0) is 0 Å². The van der Waals surface area contributed by atoms with Gasteiger partial charge in [-0.15, -0.1) is 0 Å². The van der Waals surface area contributed by atoms with Gasteiger partial charge in [0.2, 0.25) is 5.78 Å². The molecule has 0 amide bonds. The molecule has 3 nitrogen and oxygen atoms in total. The molecule has 0 atom stereocenters. The van der Waals surface area contributed by atoms with Crippen LogP contribution in [0.5, 0.6) is 0 Å². The zero-order valence-electron chi connectivity index (χ0n) is 11.0. The number of hydrogen-bond donors (Lipinski definition) is 1. The minimum absolute atomic E-state index is 0.0459. The van der Waals surface area contributed by atoms with Gasteiger partial charge in [0, 0.05) is 34.7 Å². The Morgan fingerprint density at radius 3 is 2.75 bits per heavy atom. The van der Waals surface area contributed by atoms with Crippen molar-refractivity contribution in [1.82, 2.24) is 9.88 Å². The fourth-order valence-electron chi connectivity index (χ4n) is 2.64. The lowest BCUT2D eigenvalue weighted by atomic mass is 10.1. The number of aromatic amines is 1. The highest BCUT2D eigenvalue weighted by Crippen LogP contribution is 2.23. The SMILES string of the molecule is O=C(C(=S)N1CCCCC1)c1c[nH]c2cc(Br)ccc12. The first-order valence-electron chi connectivity index (χ1n) is 6.77. The van der Waals surface area contributed by atoms with Gasteiger partial charge in [0.1, 0.15) is 0 Å². The van der Waals surface area contributed by atoms with E-state index < -0.39 is 0 Å². The van der Waals surface area contributed by atoms with E-state index >= 15 is 0 Å². The van der Waals surface area contributed by atoms with Crippen molar-refractivity contribution in [2.75, 3.05) is 13.1 Å². The van der Waals surface area contributed by atoms with Crippen LogP contribution in [0, 0.1) is 0 Å². The molecule has 1 saturated heterocycles. The average molecular weight is 351 g/mol. The highest BCUT2D eigenvalue weighted by Gasteiger charge is 2.22. The maximum absolute atomic E-state index is 12.6. The molecule has 0 saturated carbocycles. The number of hydrogen-bond acceptors (Lipinski definition) is 2. The molecule has 3 rings (SSSR count). The van der Waals surface area contributed by atoms with E-state index in [4.69, 9.17) is 12.2 Å². The fourth-order valence-corrected chi connectivity index (χ4v) is 3.30. The summed E-state index contributed by atoms with van der Waals surface area (Å²) in [7, 11) is 0. The molecule has 2 aromatic rings. The summed E-state index contributed by atoms with van der Waals surface area (Å²) in [6.45, 7) is 1.80. The summed E-state index contributed by atoms with van der Waals surface area (Å²) in [5, 5.41) is 0.928. The molecule has 1 aromatic heterocycles. The number of H-pyrrole nitrogens is 1. The number of piperidine rings is 1. The van der Waals surface area contributed by atoms with Gasteiger partial charge in [-0.2, -0.15) is 0 Å². The molecule has 1 N–H and O–H groups in total. The number of nitrogens with one attached hydrogen (secondary N) is 1. The number of likely N-dealkylation sites (tertiary alicyclic amines) is 1. The van der Waals surface area contributed by atoms with Gasteiger partial charge in [-0.1, -0.05) is 34.2 Å². The Labute approximate surface area is 131 Å². The second-order valence-corrected chi connectivity index (χ2v) is 6.38. The summed E-state index contributed by atoms with van der Waals surface area (Å²) in [5.41, 5.74) is 1.62. The van der Waals surface area contributed by atoms with Crippen molar-refractivity contribution in [3.63, 3.8) is 0 Å². The molecule has 2 heterocycles. The lowest BCUT2D eigenvalue weighted by Gasteiger charge is -2.28. The molecular weight excluding hydrogens is 336 g/mol. The molecule has 1 fully saturated rings. The van der Waals surface area contributed by atoms with Crippen molar-refractivity contribution < 1.29 is 4.79 Å². The van der Waals surface area contributed by atoms with Crippen LogP contribution in [0.4, 0.5) is 0 Å². The lowest BCUT2D eigenvalue weighted by molar-refractivity contribution is 0.105. The number of benzene rings is 1. The van der Waals surface area contributed by atoms with Crippen molar-refractivity contribution in [2.24, 2.45) is 0 Å². The third-order valence-electron chi connectivity index (χ3n) is 3.73. The Hall–Kier alpha value is -1.20. The summed E-state index contributed by atoms with van der Waals surface area (Å²) >= 11 is 8.82. The maximum atomic E-state index is 12.6. The Bertz CT molecular complexity index is 674. The highest BCUT2D eigenvalue weighted by atomic mass is 79.9. The topological polar surface area (TPSA) is 36.1 Å². The molecule has 0 spiro atoms. The average Bonchev–Trinajstić information content (AvgIpc) is 2.89. The molecule has 0 bridgehead atoms. The number of rotatable bonds is 2. The van der Waals surface area contributed by atoms with Crippen molar-refractivity contribution in [1.29, 1.82) is 0 Å². The predicted molar refractivity (Wildman–Crippen MR) is 88.4 cm³/mol. The normalized spacial score (nSPS) is 15.6. The number of ketones is 1. The highest BCUT2D eigenvalue weighted by molar-refractivity contribution is 9.10. The Morgan fingerprint density at radius 1 is 1.25 bits per heavy atom. The lowest BCUT2D eigenvalue weighted by Crippen LogP contribution is -2.38. The minimum atomic E-state index is -0.0459. The summed E-state index contributed by atoms with van der Waals surface area (Å²) in [4.78, 5) is 18.2. The second kappa shape index (κ2) is 5.66. The smallest absolute Gasteiger partial charge is 0.222 e.